The molecular formula is H15N9O12. The van der Waals surface area contributed by atoms with E-state index in [1.807, 2.05) is 0 Å². The Morgan fingerprint density at radius 1 is 0.333 bits per heavy atom. The molecule has 132 valence electrons. The number of rotatable bonds is 0. The topological polar surface area (TPSA) is 403 Å². The lowest BCUT2D eigenvalue weighted by atomic mass is 13.4. The summed E-state index contributed by atoms with van der Waals surface area (Å²) < 4.78 is 0. The molecule has 0 heterocycles. The van der Waals surface area contributed by atoms with Gasteiger partial charge in [0, 0.05) is 0 Å². The van der Waals surface area contributed by atoms with Crippen LogP contribution in [0.2, 0.25) is 0 Å². The quantitative estimate of drug-likeness (QED) is 0.222. The van der Waals surface area contributed by atoms with Crippen LogP contribution in [-0.4, -0.2) is 31.2 Å². The van der Waals surface area contributed by atoms with E-state index in [-0.39, 0.29) is 18.5 Å². The van der Waals surface area contributed by atoms with Crippen molar-refractivity contribution in [3.8, 4) is 0 Å². The van der Waals surface area contributed by atoms with E-state index in [4.69, 9.17) is 60.7 Å². The Morgan fingerprint density at radius 3 is 0.333 bits per heavy atom. The minimum Gasteiger partial charge on any atom is -0.379 e. The molecule has 0 saturated carbocycles. The molecule has 0 aliphatic rings. The van der Waals surface area contributed by atoms with E-state index in [2.05, 4.69) is 0 Å². The van der Waals surface area contributed by atoms with Crippen molar-refractivity contribution in [3.05, 3.63) is 29.4 Å². The Hall–Kier alpha value is -3.72. The van der Waals surface area contributed by atoms with Gasteiger partial charge in [0.2, 0.25) is 0 Å². The van der Waals surface area contributed by atoms with E-state index in [1.54, 1.807) is 0 Å². The normalized spacial score (nSPS) is 3.43. The van der Waals surface area contributed by atoms with Crippen LogP contribution in [0.25, 0.3) is 0 Å². The van der Waals surface area contributed by atoms with Gasteiger partial charge in [0.15, 0.2) is 32.0 Å². The number of nitrogens with zero attached hydrogens (tertiary/aromatic N) is 6. The second kappa shape index (κ2) is 731. The predicted molar refractivity (Wildman–Crippen MR) is 60.6 cm³/mol. The standard InChI is InChI=1S/6HNO2.3H3N/c6*2-1-3;;;/h6*(H,2,3);3*1H3. The molecule has 0 amide bonds. The first-order valence-electron chi connectivity index (χ1n) is 2.30. The van der Waals surface area contributed by atoms with Crippen LogP contribution in [0, 0.1) is 29.4 Å². The molecular weight excluding hydrogens is 318 g/mol. The lowest BCUT2D eigenvalue weighted by Crippen LogP contribution is -1.25. The van der Waals surface area contributed by atoms with Crippen molar-refractivity contribution in [2.45, 2.75) is 0 Å². The minimum absolute atomic E-state index is 0. The lowest BCUT2D eigenvalue weighted by molar-refractivity contribution is 0.312. The summed E-state index contributed by atoms with van der Waals surface area (Å²) in [5.41, 5.74) is 0. The van der Waals surface area contributed by atoms with Gasteiger partial charge in [-0.05, 0) is 0 Å². The molecule has 0 bridgehead atoms. The van der Waals surface area contributed by atoms with Gasteiger partial charge in [-0.3, -0.25) is 0 Å². The molecule has 0 fully saturated rings. The van der Waals surface area contributed by atoms with Crippen LogP contribution in [0.15, 0.2) is 32.0 Å². The first kappa shape index (κ1) is 66.8. The maximum Gasteiger partial charge on any atom is 0.152 e. The highest BCUT2D eigenvalue weighted by molar-refractivity contribution is 3.85. The van der Waals surface area contributed by atoms with Crippen molar-refractivity contribution >= 4 is 0 Å². The third-order valence-electron chi connectivity index (χ3n) is 0. The molecule has 0 radical (unpaired) electrons. The summed E-state index contributed by atoms with van der Waals surface area (Å²) in [5.74, 6) is 0. The van der Waals surface area contributed by atoms with E-state index in [0.717, 1.165) is 0 Å². The maximum atomic E-state index is 8.11. The molecule has 0 rings (SSSR count). The average molecular weight is 333 g/mol. The summed E-state index contributed by atoms with van der Waals surface area (Å²) in [7, 11) is 0. The second-order valence-corrected chi connectivity index (χ2v) is 0.490. The van der Waals surface area contributed by atoms with Crippen molar-refractivity contribution in [1.29, 1.82) is 0 Å². The van der Waals surface area contributed by atoms with Gasteiger partial charge in [-0.1, -0.05) is 0 Å². The summed E-state index contributed by atoms with van der Waals surface area (Å²) in [5, 5.41) is 47.3. The largest absolute Gasteiger partial charge is 0.379 e. The van der Waals surface area contributed by atoms with Gasteiger partial charge in [-0.15, -0.1) is 29.4 Å². The van der Waals surface area contributed by atoms with Crippen LogP contribution in [0.4, 0.5) is 0 Å². The van der Waals surface area contributed by atoms with Crippen molar-refractivity contribution < 1.29 is 31.2 Å². The van der Waals surface area contributed by atoms with E-state index >= 15 is 0 Å². The molecule has 0 atom stereocenters. The highest BCUT2D eigenvalue weighted by Gasteiger charge is 1.20. The van der Waals surface area contributed by atoms with E-state index in [1.165, 1.54) is 32.0 Å². The zero-order valence-corrected chi connectivity index (χ0v) is 9.94. The van der Waals surface area contributed by atoms with Gasteiger partial charge < -0.3 is 49.7 Å². The zero-order valence-electron chi connectivity index (χ0n) is 9.94. The van der Waals surface area contributed by atoms with Crippen LogP contribution in [0.1, 0.15) is 0 Å². The summed E-state index contributed by atoms with van der Waals surface area (Å²) in [4.78, 5) is 48.7. The molecule has 21 heavy (non-hydrogen) atoms. The first-order valence-corrected chi connectivity index (χ1v) is 2.30. The molecule has 21 nitrogen and oxygen atoms in total. The fraction of sp³-hybridized carbons (Fsp3) is 0. The molecule has 0 aliphatic carbocycles. The molecule has 0 unspecified atom stereocenters. The van der Waals surface area contributed by atoms with Gasteiger partial charge in [-0.2, -0.15) is 0 Å². The third-order valence-corrected chi connectivity index (χ3v) is 0. The molecule has 21 heteroatoms. The Balaban J connectivity index is -0.0000000114. The molecule has 0 aromatic rings. The lowest BCUT2D eigenvalue weighted by Gasteiger charge is -1.32. The van der Waals surface area contributed by atoms with E-state index in [9.17, 15) is 0 Å². The first-order chi connectivity index (χ1) is 8.49. The maximum absolute atomic E-state index is 8.11. The Morgan fingerprint density at radius 2 is 0.333 bits per heavy atom. The SMILES string of the molecule is N.N.N.O=NO.O=NO.O=NO.O=NO.O=NO.O=NO. The average Bonchev–Trinajstić information content (AvgIpc) is 2.23. The highest BCUT2D eigenvalue weighted by Crippen LogP contribution is 1.26. The highest BCUT2D eigenvalue weighted by atomic mass is 16.6. The Labute approximate surface area is 112 Å². The zero-order chi connectivity index (χ0) is 16.2. The minimum atomic E-state index is 0. The van der Waals surface area contributed by atoms with Gasteiger partial charge in [0.1, 0.15) is 0 Å². The molecule has 0 spiro atoms. The number of hydrogen-bond acceptors (Lipinski definition) is 15. The van der Waals surface area contributed by atoms with Crippen molar-refractivity contribution in [3.63, 3.8) is 0 Å². The second-order valence-electron chi connectivity index (χ2n) is 0.490. The molecule has 0 aromatic carbocycles. The summed E-state index contributed by atoms with van der Waals surface area (Å²) in [6.07, 6.45) is 0. The van der Waals surface area contributed by atoms with Crippen LogP contribution >= 0.6 is 0 Å². The third kappa shape index (κ3) is 240. The van der Waals surface area contributed by atoms with Gasteiger partial charge >= 0.3 is 0 Å². The summed E-state index contributed by atoms with van der Waals surface area (Å²) >= 11 is 0. The van der Waals surface area contributed by atoms with E-state index < -0.39 is 0 Å². The molecule has 15 N–H and O–H groups in total. The van der Waals surface area contributed by atoms with Gasteiger partial charge in [0.25, 0.3) is 0 Å². The Kier molecular flexibility index (Phi) is 2330. The fourth-order valence-corrected chi connectivity index (χ4v) is 0. The van der Waals surface area contributed by atoms with E-state index in [0.29, 0.717) is 0 Å². The van der Waals surface area contributed by atoms with Crippen molar-refractivity contribution in [1.82, 2.24) is 18.5 Å². The monoisotopic (exact) mass is 333 g/mol. The van der Waals surface area contributed by atoms with Crippen molar-refractivity contribution in [2.75, 3.05) is 0 Å². The smallest absolute Gasteiger partial charge is 0.152 e. The molecule has 0 saturated heterocycles. The number of hydrogen-bond donors (Lipinski definition) is 9. The summed E-state index contributed by atoms with van der Waals surface area (Å²) in [6.45, 7) is 0. The summed E-state index contributed by atoms with van der Waals surface area (Å²) in [6, 6.07) is 0. The van der Waals surface area contributed by atoms with Crippen LogP contribution in [0.3, 0.4) is 0 Å². The van der Waals surface area contributed by atoms with Crippen LogP contribution in [-0.2, 0) is 0 Å². The Bertz CT molecular complexity index is 112. The van der Waals surface area contributed by atoms with Crippen LogP contribution < -0.4 is 18.5 Å². The van der Waals surface area contributed by atoms with Gasteiger partial charge in [0.05, 0.1) is 0 Å². The molecule has 0 aromatic heterocycles. The van der Waals surface area contributed by atoms with Crippen LogP contribution in [0.5, 0.6) is 0 Å². The van der Waals surface area contributed by atoms with Gasteiger partial charge in [-0.25, -0.2) is 0 Å². The predicted octanol–water partition coefficient (Wildman–Crippen LogP) is 1.34. The van der Waals surface area contributed by atoms with Crippen molar-refractivity contribution in [2.24, 2.45) is 32.0 Å². The fourth-order valence-electron chi connectivity index (χ4n) is 0. The molecule has 0 aliphatic heterocycles.